The molecule has 5 heteroatoms. The van der Waals surface area contributed by atoms with E-state index in [2.05, 4.69) is 0 Å². The first kappa shape index (κ1) is 14.3. The molecule has 0 saturated heterocycles. The number of hydrogen-bond donors (Lipinski definition) is 1. The molecule has 1 saturated carbocycles. The van der Waals surface area contributed by atoms with Crippen LogP contribution in [0.1, 0.15) is 26.7 Å². The summed E-state index contributed by atoms with van der Waals surface area (Å²) in [5, 5.41) is -0.505. The van der Waals surface area contributed by atoms with Crippen molar-refractivity contribution in [2.75, 3.05) is 7.11 Å². The monoisotopic (exact) mass is 283 g/mol. The van der Waals surface area contributed by atoms with Gasteiger partial charge in [-0.3, -0.25) is 0 Å². The number of benzene rings is 1. The maximum Gasteiger partial charge on any atom is 0.182 e. The highest BCUT2D eigenvalue weighted by atomic mass is 32.2. The Labute approximate surface area is 114 Å². The van der Waals surface area contributed by atoms with Gasteiger partial charge in [0.05, 0.1) is 17.3 Å². The van der Waals surface area contributed by atoms with Crippen molar-refractivity contribution < 1.29 is 13.2 Å². The summed E-state index contributed by atoms with van der Waals surface area (Å²) < 4.78 is 30.4. The molecule has 0 aliphatic heterocycles. The van der Waals surface area contributed by atoms with Gasteiger partial charge in [-0.2, -0.15) is 0 Å². The minimum Gasteiger partial charge on any atom is -0.497 e. The highest BCUT2D eigenvalue weighted by Crippen LogP contribution is 2.41. The number of methoxy groups -OCH3 is 1. The van der Waals surface area contributed by atoms with Crippen LogP contribution in [0.25, 0.3) is 0 Å². The molecule has 2 unspecified atom stereocenters. The number of ether oxygens (including phenoxy) is 1. The van der Waals surface area contributed by atoms with E-state index in [1.807, 2.05) is 13.8 Å². The fourth-order valence-corrected chi connectivity index (χ4v) is 4.75. The molecule has 0 amide bonds. The van der Waals surface area contributed by atoms with Crippen LogP contribution in [0.5, 0.6) is 5.75 Å². The molecule has 0 aromatic heterocycles. The largest absolute Gasteiger partial charge is 0.497 e. The normalized spacial score (nSPS) is 26.3. The maximum absolute atomic E-state index is 12.7. The summed E-state index contributed by atoms with van der Waals surface area (Å²) in [6, 6.07) is 6.27. The van der Waals surface area contributed by atoms with Crippen LogP contribution in [-0.4, -0.2) is 26.8 Å². The summed E-state index contributed by atoms with van der Waals surface area (Å²) in [6.07, 6.45) is 1.45. The van der Waals surface area contributed by atoms with E-state index in [1.54, 1.807) is 24.3 Å². The molecule has 0 radical (unpaired) electrons. The van der Waals surface area contributed by atoms with Crippen LogP contribution in [-0.2, 0) is 9.84 Å². The number of rotatable bonds is 3. The van der Waals surface area contributed by atoms with E-state index in [-0.39, 0.29) is 11.5 Å². The summed E-state index contributed by atoms with van der Waals surface area (Å²) in [6.45, 7) is 4.05. The van der Waals surface area contributed by atoms with E-state index in [9.17, 15) is 8.42 Å². The highest BCUT2D eigenvalue weighted by Gasteiger charge is 2.46. The van der Waals surface area contributed by atoms with Gasteiger partial charge in [-0.05, 0) is 36.5 Å². The van der Waals surface area contributed by atoms with Gasteiger partial charge in [0.25, 0.3) is 0 Å². The van der Waals surface area contributed by atoms with Gasteiger partial charge in [0.15, 0.2) is 9.84 Å². The van der Waals surface area contributed by atoms with Gasteiger partial charge < -0.3 is 10.5 Å². The Morgan fingerprint density at radius 1 is 1.37 bits per heavy atom. The molecular weight excluding hydrogens is 262 g/mol. The predicted molar refractivity (Wildman–Crippen MR) is 75.0 cm³/mol. The summed E-state index contributed by atoms with van der Waals surface area (Å²) in [5.74, 6) is 0.548. The second-order valence-corrected chi connectivity index (χ2v) is 7.98. The van der Waals surface area contributed by atoms with Crippen LogP contribution in [0.15, 0.2) is 29.2 Å². The Balaban J connectivity index is 2.38. The Hall–Kier alpha value is -1.07. The molecule has 0 heterocycles. The third kappa shape index (κ3) is 2.49. The topological polar surface area (TPSA) is 69.4 Å². The summed E-state index contributed by atoms with van der Waals surface area (Å²) in [4.78, 5) is 0.296. The smallest absolute Gasteiger partial charge is 0.182 e. The molecule has 106 valence electrons. The number of nitrogens with two attached hydrogens (primary N) is 1. The van der Waals surface area contributed by atoms with Gasteiger partial charge in [-0.25, -0.2) is 8.42 Å². The third-order valence-corrected chi connectivity index (χ3v) is 6.38. The van der Waals surface area contributed by atoms with Crippen molar-refractivity contribution >= 4 is 9.84 Å². The van der Waals surface area contributed by atoms with Gasteiger partial charge in [-0.1, -0.05) is 19.9 Å². The molecule has 1 aliphatic carbocycles. The first-order valence-corrected chi connectivity index (χ1v) is 7.97. The van der Waals surface area contributed by atoms with Crippen LogP contribution >= 0.6 is 0 Å². The van der Waals surface area contributed by atoms with Crippen LogP contribution in [0.3, 0.4) is 0 Å². The Bertz CT molecular complexity index is 566. The van der Waals surface area contributed by atoms with Crippen molar-refractivity contribution in [2.24, 2.45) is 11.1 Å². The third-order valence-electron chi connectivity index (χ3n) is 4.14. The molecule has 1 aliphatic rings. The van der Waals surface area contributed by atoms with Gasteiger partial charge in [-0.15, -0.1) is 0 Å². The molecule has 1 fully saturated rings. The van der Waals surface area contributed by atoms with Crippen molar-refractivity contribution in [3.63, 3.8) is 0 Å². The minimum atomic E-state index is -3.40. The van der Waals surface area contributed by atoms with E-state index in [4.69, 9.17) is 10.5 Å². The van der Waals surface area contributed by atoms with Crippen molar-refractivity contribution in [3.05, 3.63) is 24.3 Å². The van der Waals surface area contributed by atoms with Crippen LogP contribution in [0, 0.1) is 5.41 Å². The molecule has 2 atom stereocenters. The Morgan fingerprint density at radius 3 is 2.58 bits per heavy atom. The van der Waals surface area contributed by atoms with E-state index in [1.165, 1.54) is 7.11 Å². The molecular formula is C14H21NO3S. The zero-order valence-electron chi connectivity index (χ0n) is 11.6. The number of hydrogen-bond acceptors (Lipinski definition) is 4. The van der Waals surface area contributed by atoms with Gasteiger partial charge in [0.2, 0.25) is 0 Å². The zero-order valence-corrected chi connectivity index (χ0v) is 12.4. The maximum atomic E-state index is 12.7. The average Bonchev–Trinajstić information content (AvgIpc) is 2.65. The SMILES string of the molecule is COc1cccc(S(=O)(=O)C2CCC(C)(C)C2N)c1. The standard InChI is InChI=1S/C14H21NO3S/c1-14(2)8-7-12(13(14)15)19(16,17)11-6-4-5-10(9-11)18-3/h4-6,9,12-13H,7-8,15H2,1-3H3. The van der Waals surface area contributed by atoms with Crippen molar-refractivity contribution in [2.45, 2.75) is 42.9 Å². The lowest BCUT2D eigenvalue weighted by Crippen LogP contribution is -2.43. The lowest BCUT2D eigenvalue weighted by Gasteiger charge is -2.26. The summed E-state index contributed by atoms with van der Waals surface area (Å²) >= 11 is 0. The Morgan fingerprint density at radius 2 is 2.05 bits per heavy atom. The molecule has 1 aromatic carbocycles. The van der Waals surface area contributed by atoms with Gasteiger partial charge in [0, 0.05) is 6.04 Å². The lowest BCUT2D eigenvalue weighted by atomic mass is 9.88. The van der Waals surface area contributed by atoms with E-state index >= 15 is 0 Å². The quantitative estimate of drug-likeness (QED) is 0.921. The second-order valence-electron chi connectivity index (χ2n) is 5.82. The van der Waals surface area contributed by atoms with Gasteiger partial charge >= 0.3 is 0 Å². The summed E-state index contributed by atoms with van der Waals surface area (Å²) in [5.41, 5.74) is 6.01. The predicted octanol–water partition coefficient (Wildman–Crippen LogP) is 1.98. The van der Waals surface area contributed by atoms with Crippen LogP contribution < -0.4 is 10.5 Å². The molecule has 2 rings (SSSR count). The Kier molecular flexibility index (Phi) is 3.62. The average molecular weight is 283 g/mol. The molecule has 2 N–H and O–H groups in total. The molecule has 0 spiro atoms. The first-order valence-electron chi connectivity index (χ1n) is 6.42. The van der Waals surface area contributed by atoms with Crippen LogP contribution in [0.4, 0.5) is 0 Å². The lowest BCUT2D eigenvalue weighted by molar-refractivity contribution is 0.332. The first-order chi connectivity index (χ1) is 8.79. The van der Waals surface area contributed by atoms with Crippen molar-refractivity contribution in [1.82, 2.24) is 0 Å². The van der Waals surface area contributed by atoms with Gasteiger partial charge in [0.1, 0.15) is 5.75 Å². The number of sulfone groups is 1. The second kappa shape index (κ2) is 4.80. The zero-order chi connectivity index (χ0) is 14.3. The summed E-state index contributed by atoms with van der Waals surface area (Å²) in [7, 11) is -1.87. The molecule has 1 aromatic rings. The highest BCUT2D eigenvalue weighted by molar-refractivity contribution is 7.92. The van der Waals surface area contributed by atoms with Crippen molar-refractivity contribution in [1.29, 1.82) is 0 Å². The molecule has 4 nitrogen and oxygen atoms in total. The van der Waals surface area contributed by atoms with Crippen LogP contribution in [0.2, 0.25) is 0 Å². The molecule has 0 bridgehead atoms. The van der Waals surface area contributed by atoms with Crippen molar-refractivity contribution in [3.8, 4) is 5.75 Å². The molecule has 19 heavy (non-hydrogen) atoms. The van der Waals surface area contributed by atoms with E-state index in [0.29, 0.717) is 17.1 Å². The van der Waals surface area contributed by atoms with E-state index < -0.39 is 15.1 Å². The van der Waals surface area contributed by atoms with E-state index in [0.717, 1.165) is 6.42 Å². The fraction of sp³-hybridized carbons (Fsp3) is 0.571. The minimum absolute atomic E-state index is 0.128. The fourth-order valence-electron chi connectivity index (χ4n) is 2.66.